The van der Waals surface area contributed by atoms with Crippen LogP contribution in [-0.2, 0) is 19.3 Å². The number of rotatable bonds is 5. The first-order chi connectivity index (χ1) is 8.70. The van der Waals surface area contributed by atoms with Crippen molar-refractivity contribution < 1.29 is 0 Å². The molecule has 0 saturated carbocycles. The van der Waals surface area contributed by atoms with Gasteiger partial charge in [-0.1, -0.05) is 13.8 Å². The third-order valence-electron chi connectivity index (χ3n) is 3.52. The largest absolute Gasteiger partial charge is 0.370 e. The molecule has 1 aromatic rings. The monoisotopic (exact) mass is 247 g/mol. The highest BCUT2D eigenvalue weighted by molar-refractivity contribution is 5.47. The Morgan fingerprint density at radius 3 is 2.67 bits per heavy atom. The van der Waals surface area contributed by atoms with Crippen molar-refractivity contribution in [1.82, 2.24) is 9.97 Å². The van der Waals surface area contributed by atoms with E-state index in [2.05, 4.69) is 26.1 Å². The van der Waals surface area contributed by atoms with Gasteiger partial charge in [0.1, 0.15) is 11.6 Å². The van der Waals surface area contributed by atoms with Gasteiger partial charge in [0, 0.05) is 24.2 Å². The topological polar surface area (TPSA) is 37.8 Å². The van der Waals surface area contributed by atoms with Gasteiger partial charge in [-0.15, -0.1) is 0 Å². The number of aromatic nitrogens is 2. The molecule has 1 aliphatic rings. The molecule has 0 radical (unpaired) electrons. The predicted octanol–water partition coefficient (Wildman–Crippen LogP) is 3.38. The maximum atomic E-state index is 4.78. The lowest BCUT2D eigenvalue weighted by Gasteiger charge is -2.19. The number of fused-ring (bicyclic) bond motifs is 1. The van der Waals surface area contributed by atoms with Crippen LogP contribution in [0.25, 0.3) is 0 Å². The van der Waals surface area contributed by atoms with Crippen molar-refractivity contribution in [2.45, 2.75) is 59.3 Å². The average molecular weight is 247 g/mol. The van der Waals surface area contributed by atoms with Crippen LogP contribution in [0.1, 0.15) is 57.1 Å². The minimum absolute atomic E-state index is 0.715. The highest BCUT2D eigenvalue weighted by Gasteiger charge is 2.17. The molecule has 0 spiro atoms. The van der Waals surface area contributed by atoms with Crippen molar-refractivity contribution in [3.8, 4) is 0 Å². The summed E-state index contributed by atoms with van der Waals surface area (Å²) < 4.78 is 0. The summed E-state index contributed by atoms with van der Waals surface area (Å²) in [5.74, 6) is 2.84. The molecule has 2 rings (SSSR count). The summed E-state index contributed by atoms with van der Waals surface area (Å²) in [6.45, 7) is 7.57. The summed E-state index contributed by atoms with van der Waals surface area (Å²) >= 11 is 0. The Morgan fingerprint density at radius 1 is 1.17 bits per heavy atom. The minimum Gasteiger partial charge on any atom is -0.370 e. The molecule has 0 bridgehead atoms. The molecule has 0 aliphatic heterocycles. The zero-order chi connectivity index (χ0) is 13.0. The Kier molecular flexibility index (Phi) is 4.56. The highest BCUT2D eigenvalue weighted by atomic mass is 15.0. The number of nitrogens with zero attached hydrogens (tertiary/aromatic N) is 2. The van der Waals surface area contributed by atoms with Gasteiger partial charge in [-0.3, -0.25) is 0 Å². The fourth-order valence-corrected chi connectivity index (χ4v) is 2.49. The van der Waals surface area contributed by atoms with Crippen LogP contribution in [0.5, 0.6) is 0 Å². The molecule has 3 nitrogen and oxygen atoms in total. The second-order valence-electron chi connectivity index (χ2n) is 5.58. The predicted molar refractivity (Wildman–Crippen MR) is 76.0 cm³/mol. The number of hydrogen-bond acceptors (Lipinski definition) is 3. The third-order valence-corrected chi connectivity index (χ3v) is 3.52. The summed E-state index contributed by atoms with van der Waals surface area (Å²) in [6.07, 6.45) is 7.00. The second-order valence-corrected chi connectivity index (χ2v) is 5.58. The zero-order valence-corrected chi connectivity index (χ0v) is 11.9. The van der Waals surface area contributed by atoms with Gasteiger partial charge in [0.05, 0.1) is 0 Å². The molecule has 1 heterocycles. The fourth-order valence-electron chi connectivity index (χ4n) is 2.49. The summed E-state index contributed by atoms with van der Waals surface area (Å²) in [7, 11) is 0. The molecule has 0 saturated heterocycles. The van der Waals surface area contributed by atoms with E-state index in [1.807, 2.05) is 0 Å². The van der Waals surface area contributed by atoms with Crippen molar-refractivity contribution in [3.63, 3.8) is 0 Å². The Labute approximate surface area is 110 Å². The van der Waals surface area contributed by atoms with Crippen molar-refractivity contribution in [2.75, 3.05) is 11.9 Å². The van der Waals surface area contributed by atoms with Crippen LogP contribution in [0.15, 0.2) is 0 Å². The Morgan fingerprint density at radius 2 is 1.94 bits per heavy atom. The maximum absolute atomic E-state index is 4.78. The van der Waals surface area contributed by atoms with E-state index >= 15 is 0 Å². The first-order valence-electron chi connectivity index (χ1n) is 7.33. The summed E-state index contributed by atoms with van der Waals surface area (Å²) in [5.41, 5.74) is 2.67. The number of nitrogens with one attached hydrogen (secondary N) is 1. The quantitative estimate of drug-likeness (QED) is 0.867. The van der Waals surface area contributed by atoms with Crippen molar-refractivity contribution in [1.29, 1.82) is 0 Å². The number of anilines is 1. The maximum Gasteiger partial charge on any atom is 0.133 e. The third kappa shape index (κ3) is 3.21. The Bertz CT molecular complexity index is 399. The molecule has 0 atom stereocenters. The van der Waals surface area contributed by atoms with Gasteiger partial charge >= 0.3 is 0 Å². The lowest BCUT2D eigenvalue weighted by molar-refractivity contribution is 0.569. The van der Waals surface area contributed by atoms with Crippen LogP contribution in [-0.4, -0.2) is 16.5 Å². The van der Waals surface area contributed by atoms with E-state index in [0.717, 1.165) is 37.4 Å². The molecule has 0 unspecified atom stereocenters. The smallest absolute Gasteiger partial charge is 0.133 e. The van der Waals surface area contributed by atoms with Gasteiger partial charge < -0.3 is 5.32 Å². The van der Waals surface area contributed by atoms with Crippen molar-refractivity contribution in [2.24, 2.45) is 5.92 Å². The van der Waals surface area contributed by atoms with Gasteiger partial charge in [0.2, 0.25) is 0 Å². The van der Waals surface area contributed by atoms with Crippen LogP contribution in [0.4, 0.5) is 5.82 Å². The van der Waals surface area contributed by atoms with Gasteiger partial charge in [0.25, 0.3) is 0 Å². The van der Waals surface area contributed by atoms with E-state index in [1.165, 1.54) is 30.5 Å². The molecule has 0 fully saturated rings. The molecule has 1 N–H and O–H groups in total. The van der Waals surface area contributed by atoms with E-state index in [0.29, 0.717) is 5.92 Å². The van der Waals surface area contributed by atoms with Crippen LogP contribution >= 0.6 is 0 Å². The molecule has 1 aliphatic carbocycles. The molecule has 0 amide bonds. The zero-order valence-electron chi connectivity index (χ0n) is 11.9. The highest BCUT2D eigenvalue weighted by Crippen LogP contribution is 2.25. The van der Waals surface area contributed by atoms with Gasteiger partial charge in [-0.05, 0) is 44.9 Å². The van der Waals surface area contributed by atoms with Crippen LogP contribution < -0.4 is 5.32 Å². The Hall–Kier alpha value is -1.12. The molecule has 18 heavy (non-hydrogen) atoms. The van der Waals surface area contributed by atoms with Crippen LogP contribution in [0.2, 0.25) is 0 Å². The van der Waals surface area contributed by atoms with E-state index in [4.69, 9.17) is 9.97 Å². The summed E-state index contributed by atoms with van der Waals surface area (Å²) in [6, 6.07) is 0. The number of hydrogen-bond donors (Lipinski definition) is 1. The Balaban J connectivity index is 2.23. The van der Waals surface area contributed by atoms with Gasteiger partial charge in [-0.25, -0.2) is 9.97 Å². The number of aryl methyl sites for hydroxylation is 2. The standard InChI is InChI=1S/C15H25N3/c1-4-16-15-12-7-5-6-8-13(12)17-14(18-15)10-9-11(2)3/h11H,4-10H2,1-3H3,(H,16,17,18). The summed E-state index contributed by atoms with van der Waals surface area (Å²) in [4.78, 5) is 9.50. The normalized spacial score (nSPS) is 14.7. The average Bonchev–Trinajstić information content (AvgIpc) is 2.37. The van der Waals surface area contributed by atoms with E-state index in [1.54, 1.807) is 0 Å². The molecule has 1 aromatic heterocycles. The SMILES string of the molecule is CCNc1nc(CCC(C)C)nc2c1CCCC2. The second kappa shape index (κ2) is 6.17. The van der Waals surface area contributed by atoms with Crippen molar-refractivity contribution >= 4 is 5.82 Å². The first kappa shape index (κ1) is 13.3. The lowest BCUT2D eigenvalue weighted by Crippen LogP contribution is -2.15. The molecular weight excluding hydrogens is 222 g/mol. The molecule has 3 heteroatoms. The van der Waals surface area contributed by atoms with E-state index < -0.39 is 0 Å². The molecular formula is C15H25N3. The first-order valence-corrected chi connectivity index (χ1v) is 7.33. The fraction of sp³-hybridized carbons (Fsp3) is 0.733. The minimum atomic E-state index is 0.715. The van der Waals surface area contributed by atoms with Crippen LogP contribution in [0, 0.1) is 5.92 Å². The molecule has 100 valence electrons. The lowest BCUT2D eigenvalue weighted by atomic mass is 9.96. The van der Waals surface area contributed by atoms with Gasteiger partial charge in [-0.2, -0.15) is 0 Å². The van der Waals surface area contributed by atoms with E-state index in [9.17, 15) is 0 Å². The van der Waals surface area contributed by atoms with Crippen LogP contribution in [0.3, 0.4) is 0 Å². The van der Waals surface area contributed by atoms with E-state index in [-0.39, 0.29) is 0 Å². The van der Waals surface area contributed by atoms with Crippen molar-refractivity contribution in [3.05, 3.63) is 17.1 Å². The molecule has 0 aromatic carbocycles. The summed E-state index contributed by atoms with van der Waals surface area (Å²) in [5, 5.41) is 3.41. The van der Waals surface area contributed by atoms with Gasteiger partial charge in [0.15, 0.2) is 0 Å².